The molecular weight excluding hydrogens is 435 g/mol. The van der Waals surface area contributed by atoms with Crippen molar-refractivity contribution in [3.8, 4) is 23.0 Å². The first-order valence-corrected chi connectivity index (χ1v) is 11.0. The number of ether oxygens (including phenoxy) is 4. The molecule has 0 bridgehead atoms. The van der Waals surface area contributed by atoms with E-state index in [2.05, 4.69) is 0 Å². The Morgan fingerprint density at radius 3 is 1.58 bits per heavy atom. The van der Waals surface area contributed by atoms with E-state index in [0.29, 0.717) is 25.0 Å². The SMILES string of the molecule is CCOc1cc(CCl)ccc1OC.COc1ccc(CCl)cc1OCc1ccccc1. The topological polar surface area (TPSA) is 36.9 Å². The smallest absolute Gasteiger partial charge is 0.161 e. The highest BCUT2D eigenvalue weighted by molar-refractivity contribution is 6.17. The third kappa shape index (κ3) is 7.89. The minimum atomic E-state index is 0.464. The number of methoxy groups -OCH3 is 2. The molecule has 0 aliphatic rings. The van der Waals surface area contributed by atoms with Crippen molar-refractivity contribution in [2.75, 3.05) is 20.8 Å². The molecule has 6 heteroatoms. The molecule has 0 saturated carbocycles. The molecule has 0 unspecified atom stereocenters. The summed E-state index contributed by atoms with van der Waals surface area (Å²) >= 11 is 11.5. The number of benzene rings is 3. The molecule has 0 aliphatic carbocycles. The summed E-state index contributed by atoms with van der Waals surface area (Å²) in [6, 6.07) is 21.4. The third-order valence-corrected chi connectivity index (χ3v) is 4.92. The number of alkyl halides is 2. The fourth-order valence-corrected chi connectivity index (χ4v) is 3.06. The third-order valence-electron chi connectivity index (χ3n) is 4.30. The van der Waals surface area contributed by atoms with Crippen LogP contribution in [0.15, 0.2) is 66.7 Å². The zero-order chi connectivity index (χ0) is 22.5. The van der Waals surface area contributed by atoms with Gasteiger partial charge in [0.2, 0.25) is 0 Å². The molecule has 0 aromatic heterocycles. The second kappa shape index (κ2) is 13.7. The van der Waals surface area contributed by atoms with Crippen LogP contribution in [0.4, 0.5) is 0 Å². The van der Waals surface area contributed by atoms with Gasteiger partial charge in [-0.3, -0.25) is 0 Å². The van der Waals surface area contributed by atoms with E-state index in [4.69, 9.17) is 42.1 Å². The maximum Gasteiger partial charge on any atom is 0.161 e. The lowest BCUT2D eigenvalue weighted by Gasteiger charge is -2.11. The molecule has 31 heavy (non-hydrogen) atoms. The van der Waals surface area contributed by atoms with Gasteiger partial charge in [-0.15, -0.1) is 23.2 Å². The molecule has 0 atom stereocenters. The first-order valence-electron chi connectivity index (χ1n) is 9.90. The summed E-state index contributed by atoms with van der Waals surface area (Å²) in [4.78, 5) is 0. The highest BCUT2D eigenvalue weighted by Crippen LogP contribution is 2.30. The predicted molar refractivity (Wildman–Crippen MR) is 127 cm³/mol. The molecule has 0 radical (unpaired) electrons. The zero-order valence-electron chi connectivity index (χ0n) is 18.1. The lowest BCUT2D eigenvalue weighted by Crippen LogP contribution is -1.98. The van der Waals surface area contributed by atoms with Crippen molar-refractivity contribution in [3.63, 3.8) is 0 Å². The van der Waals surface area contributed by atoms with Crippen molar-refractivity contribution < 1.29 is 18.9 Å². The van der Waals surface area contributed by atoms with Crippen LogP contribution in [0.5, 0.6) is 23.0 Å². The van der Waals surface area contributed by atoms with Gasteiger partial charge in [-0.1, -0.05) is 42.5 Å². The average Bonchev–Trinajstić information content (AvgIpc) is 2.83. The largest absolute Gasteiger partial charge is 0.493 e. The predicted octanol–water partition coefficient (Wildman–Crippen LogP) is 6.85. The van der Waals surface area contributed by atoms with Gasteiger partial charge in [0.15, 0.2) is 23.0 Å². The highest BCUT2D eigenvalue weighted by Gasteiger charge is 2.06. The normalized spacial score (nSPS) is 9.97. The Bertz CT molecular complexity index is 917. The molecule has 3 aromatic carbocycles. The van der Waals surface area contributed by atoms with Crippen molar-refractivity contribution in [1.29, 1.82) is 0 Å². The van der Waals surface area contributed by atoms with Gasteiger partial charge >= 0.3 is 0 Å². The molecule has 3 aromatic rings. The van der Waals surface area contributed by atoms with Crippen molar-refractivity contribution in [1.82, 2.24) is 0 Å². The summed E-state index contributed by atoms with van der Waals surface area (Å²) in [5, 5.41) is 0. The quantitative estimate of drug-likeness (QED) is 0.326. The first-order chi connectivity index (χ1) is 15.1. The summed E-state index contributed by atoms with van der Waals surface area (Å²) in [5.41, 5.74) is 3.17. The molecule has 166 valence electrons. The minimum Gasteiger partial charge on any atom is -0.493 e. The molecule has 0 saturated heterocycles. The maximum atomic E-state index is 5.82. The zero-order valence-corrected chi connectivity index (χ0v) is 19.6. The van der Waals surface area contributed by atoms with E-state index in [9.17, 15) is 0 Å². The van der Waals surface area contributed by atoms with Gasteiger partial charge in [-0.2, -0.15) is 0 Å². The van der Waals surface area contributed by atoms with E-state index < -0.39 is 0 Å². The Hall–Kier alpha value is -2.56. The van der Waals surface area contributed by atoms with Gasteiger partial charge in [-0.05, 0) is 47.9 Å². The van der Waals surface area contributed by atoms with Gasteiger partial charge < -0.3 is 18.9 Å². The van der Waals surface area contributed by atoms with Crippen molar-refractivity contribution in [2.45, 2.75) is 25.3 Å². The Labute approximate surface area is 194 Å². The Kier molecular flexibility index (Phi) is 10.9. The minimum absolute atomic E-state index is 0.464. The number of rotatable bonds is 9. The molecular formula is C25H28Cl2O4. The highest BCUT2D eigenvalue weighted by atomic mass is 35.5. The van der Waals surface area contributed by atoms with Gasteiger partial charge in [-0.25, -0.2) is 0 Å². The second-order valence-electron chi connectivity index (χ2n) is 6.44. The summed E-state index contributed by atoms with van der Waals surface area (Å²) in [6.45, 7) is 3.08. The first kappa shape index (κ1) is 24.7. The van der Waals surface area contributed by atoms with Gasteiger partial charge in [0, 0.05) is 11.8 Å². The van der Waals surface area contributed by atoms with Crippen LogP contribution in [0.1, 0.15) is 23.6 Å². The molecule has 0 heterocycles. The molecule has 0 spiro atoms. The summed E-state index contributed by atoms with van der Waals surface area (Å²) in [5.74, 6) is 3.90. The monoisotopic (exact) mass is 462 g/mol. The molecule has 0 N–H and O–H groups in total. The molecule has 0 aliphatic heterocycles. The van der Waals surface area contributed by atoms with Crippen LogP contribution in [0.3, 0.4) is 0 Å². The van der Waals surface area contributed by atoms with E-state index in [-0.39, 0.29) is 0 Å². The van der Waals surface area contributed by atoms with E-state index in [1.54, 1.807) is 14.2 Å². The number of halogens is 2. The maximum absolute atomic E-state index is 5.82. The summed E-state index contributed by atoms with van der Waals surface area (Å²) in [6.07, 6.45) is 0. The second-order valence-corrected chi connectivity index (χ2v) is 6.98. The van der Waals surface area contributed by atoms with Crippen molar-refractivity contribution in [2.24, 2.45) is 0 Å². The Balaban J connectivity index is 0.000000233. The lowest BCUT2D eigenvalue weighted by atomic mass is 10.2. The molecule has 0 fully saturated rings. The van der Waals surface area contributed by atoms with Crippen LogP contribution < -0.4 is 18.9 Å². The van der Waals surface area contributed by atoms with Crippen LogP contribution in [0, 0.1) is 0 Å². The lowest BCUT2D eigenvalue weighted by molar-refractivity contribution is 0.284. The van der Waals surface area contributed by atoms with E-state index in [1.165, 1.54) is 0 Å². The van der Waals surface area contributed by atoms with E-state index in [1.807, 2.05) is 73.7 Å². The average molecular weight is 463 g/mol. The Morgan fingerprint density at radius 1 is 0.613 bits per heavy atom. The standard InChI is InChI=1S/C15H15ClO2.C10H13ClO2/c1-17-14-8-7-13(10-16)9-15(14)18-11-12-5-3-2-4-6-12;1-3-13-10-6-8(7-11)4-5-9(10)12-2/h2-9H,10-11H2,1H3;4-6H,3,7H2,1-2H3. The van der Waals surface area contributed by atoms with Crippen LogP contribution >= 0.6 is 23.2 Å². The van der Waals surface area contributed by atoms with E-state index in [0.717, 1.165) is 39.7 Å². The van der Waals surface area contributed by atoms with Gasteiger partial charge in [0.05, 0.1) is 20.8 Å². The van der Waals surface area contributed by atoms with Crippen LogP contribution in [-0.4, -0.2) is 20.8 Å². The Morgan fingerprint density at radius 2 is 1.13 bits per heavy atom. The van der Waals surface area contributed by atoms with Crippen LogP contribution in [0.2, 0.25) is 0 Å². The van der Waals surface area contributed by atoms with Crippen molar-refractivity contribution >= 4 is 23.2 Å². The molecule has 4 nitrogen and oxygen atoms in total. The fraction of sp³-hybridized carbons (Fsp3) is 0.280. The van der Waals surface area contributed by atoms with Gasteiger partial charge in [0.25, 0.3) is 0 Å². The summed E-state index contributed by atoms with van der Waals surface area (Å²) < 4.78 is 21.6. The number of hydrogen-bond donors (Lipinski definition) is 0. The molecule has 3 rings (SSSR count). The van der Waals surface area contributed by atoms with E-state index >= 15 is 0 Å². The molecule has 0 amide bonds. The van der Waals surface area contributed by atoms with Crippen LogP contribution in [0.25, 0.3) is 0 Å². The van der Waals surface area contributed by atoms with Crippen molar-refractivity contribution in [3.05, 3.63) is 83.4 Å². The fourth-order valence-electron chi connectivity index (χ4n) is 2.72. The summed E-state index contributed by atoms with van der Waals surface area (Å²) in [7, 11) is 3.25. The number of hydrogen-bond acceptors (Lipinski definition) is 4. The van der Waals surface area contributed by atoms with Crippen LogP contribution in [-0.2, 0) is 18.4 Å². The van der Waals surface area contributed by atoms with Gasteiger partial charge in [0.1, 0.15) is 6.61 Å².